The molecule has 0 amide bonds. The molecule has 2 atom stereocenters. The molecule has 0 aromatic heterocycles. The van der Waals surface area contributed by atoms with E-state index in [1.807, 2.05) is 6.07 Å². The second-order valence-corrected chi connectivity index (χ2v) is 9.81. The topological polar surface area (TPSA) is 49.4 Å². The Bertz CT molecular complexity index is 942. The largest absolute Gasteiger partial charge is 0.307 e. The van der Waals surface area contributed by atoms with Gasteiger partial charge in [0.05, 0.1) is 12.1 Å². The van der Waals surface area contributed by atoms with Crippen LogP contribution in [-0.4, -0.2) is 48.7 Å². The first-order chi connectivity index (χ1) is 15.8. The van der Waals surface area contributed by atoms with Crippen LogP contribution in [0.3, 0.4) is 0 Å². The molecule has 0 spiro atoms. The van der Waals surface area contributed by atoms with Gasteiger partial charge in [-0.3, -0.25) is 14.5 Å². The molecule has 2 aromatic rings. The molecule has 202 valence electrons. The van der Waals surface area contributed by atoms with Crippen LogP contribution in [0.2, 0.25) is 0 Å². The van der Waals surface area contributed by atoms with Crippen molar-refractivity contribution in [1.29, 1.82) is 0 Å². The number of Topliss-reactive ketones (excluding diaryl/α,β-unsaturated/α-hetero) is 2. The third kappa shape index (κ3) is 8.83. The van der Waals surface area contributed by atoms with Gasteiger partial charge >= 0.3 is 0 Å². The minimum absolute atomic E-state index is 0. The van der Waals surface area contributed by atoms with E-state index in [9.17, 15) is 9.59 Å². The molecule has 2 aliphatic rings. The zero-order valence-corrected chi connectivity index (χ0v) is 22.3. The lowest BCUT2D eigenvalue weighted by Gasteiger charge is -2.19. The van der Waals surface area contributed by atoms with Gasteiger partial charge in [0.25, 0.3) is 0 Å². The molecule has 4 rings (SSSR count). The highest BCUT2D eigenvalue weighted by Crippen LogP contribution is 2.20. The number of rotatable bonds is 6. The first-order valence-corrected chi connectivity index (χ1v) is 12.4. The fourth-order valence-corrected chi connectivity index (χ4v) is 5.12. The van der Waals surface area contributed by atoms with Gasteiger partial charge in [-0.05, 0) is 107 Å². The van der Waals surface area contributed by atoms with Crippen molar-refractivity contribution >= 4 is 24.0 Å². The van der Waals surface area contributed by atoms with Gasteiger partial charge in [0.2, 0.25) is 0 Å². The summed E-state index contributed by atoms with van der Waals surface area (Å²) in [7, 11) is 2.06. The predicted molar refractivity (Wildman–Crippen MR) is 157 cm³/mol. The number of benzene rings is 2. The van der Waals surface area contributed by atoms with Crippen LogP contribution in [0.1, 0.15) is 73.9 Å². The van der Waals surface area contributed by atoms with Crippen molar-refractivity contribution in [2.24, 2.45) is 0 Å². The molecule has 5 heteroatoms. The van der Waals surface area contributed by atoms with E-state index in [1.165, 1.54) is 33.4 Å². The molecular weight excluding hydrogens is 468 g/mol. The van der Waals surface area contributed by atoms with Crippen molar-refractivity contribution < 1.29 is 9.59 Å². The van der Waals surface area contributed by atoms with Crippen molar-refractivity contribution in [2.75, 3.05) is 20.1 Å². The number of nitrogens with one attached hydrogen (secondary N) is 1. The standard InChI is InChI=1S/C15H21NO.C14H19NO.2CH4.ClH/c1-11-6-4-7-12(2)13(11)10-15(17)14-8-5-9-16(14)3;1-10-5-3-6-11(2)12(10)9-14(16)13-7-4-8-15-13;;;/h4,6-7,14H,5,8-10H2,1-3H3;3,5-6,13,15H,4,7-9H2,1-2H3;2*1H4;1H. The summed E-state index contributed by atoms with van der Waals surface area (Å²) in [5.41, 5.74) is 7.36. The summed E-state index contributed by atoms with van der Waals surface area (Å²) in [5.74, 6) is 0.720. The number of ketones is 2. The second-order valence-electron chi connectivity index (χ2n) is 9.81. The number of carbonyl (C=O) groups is 2. The molecule has 4 nitrogen and oxygen atoms in total. The predicted octanol–water partition coefficient (Wildman–Crippen LogP) is 6.37. The van der Waals surface area contributed by atoms with Gasteiger partial charge in [-0.25, -0.2) is 0 Å². The molecule has 0 aliphatic carbocycles. The van der Waals surface area contributed by atoms with E-state index < -0.39 is 0 Å². The monoisotopic (exact) mass is 516 g/mol. The van der Waals surface area contributed by atoms with Gasteiger partial charge in [0.15, 0.2) is 11.6 Å². The fraction of sp³-hybridized carbons (Fsp3) is 0.548. The summed E-state index contributed by atoms with van der Waals surface area (Å²) in [6.07, 6.45) is 5.48. The van der Waals surface area contributed by atoms with Crippen LogP contribution in [0.4, 0.5) is 0 Å². The lowest BCUT2D eigenvalue weighted by atomic mass is 9.95. The van der Waals surface area contributed by atoms with E-state index in [1.54, 1.807) is 0 Å². The van der Waals surface area contributed by atoms with E-state index in [0.29, 0.717) is 24.4 Å². The summed E-state index contributed by atoms with van der Waals surface area (Å²) in [5, 5.41) is 3.27. The van der Waals surface area contributed by atoms with Gasteiger partial charge < -0.3 is 5.32 Å². The number of carbonyl (C=O) groups excluding carboxylic acids is 2. The molecule has 0 saturated carbocycles. The highest BCUT2D eigenvalue weighted by Gasteiger charge is 2.28. The van der Waals surface area contributed by atoms with E-state index in [-0.39, 0.29) is 39.3 Å². The second kappa shape index (κ2) is 16.0. The molecule has 36 heavy (non-hydrogen) atoms. The van der Waals surface area contributed by atoms with Crippen LogP contribution in [0.5, 0.6) is 0 Å². The molecule has 1 N–H and O–H groups in total. The van der Waals surface area contributed by atoms with E-state index in [4.69, 9.17) is 0 Å². The Kier molecular flexibility index (Phi) is 15.1. The summed E-state index contributed by atoms with van der Waals surface area (Å²) < 4.78 is 0. The van der Waals surface area contributed by atoms with Crippen LogP contribution in [0, 0.1) is 27.7 Å². The Hall–Kier alpha value is -2.01. The smallest absolute Gasteiger partial charge is 0.154 e. The first-order valence-electron chi connectivity index (χ1n) is 12.4. The normalized spacial score (nSPS) is 18.7. The average molecular weight is 517 g/mol. The Morgan fingerprint density at radius 3 is 1.67 bits per heavy atom. The molecule has 2 aliphatic heterocycles. The van der Waals surface area contributed by atoms with E-state index in [2.05, 4.69) is 75.3 Å². The number of likely N-dealkylation sites (N-methyl/N-ethyl adjacent to an activating group) is 1. The van der Waals surface area contributed by atoms with Gasteiger partial charge in [-0.15, -0.1) is 12.4 Å². The molecule has 2 saturated heterocycles. The highest BCUT2D eigenvalue weighted by molar-refractivity contribution is 5.87. The number of hydrogen-bond acceptors (Lipinski definition) is 4. The minimum atomic E-state index is 0. The van der Waals surface area contributed by atoms with Crippen LogP contribution < -0.4 is 5.32 Å². The summed E-state index contributed by atoms with van der Waals surface area (Å²) >= 11 is 0. The molecule has 0 bridgehead atoms. The maximum atomic E-state index is 12.3. The zero-order valence-electron chi connectivity index (χ0n) is 21.4. The summed E-state index contributed by atoms with van der Waals surface area (Å²) in [4.78, 5) is 26.5. The van der Waals surface area contributed by atoms with Crippen LogP contribution in [0.15, 0.2) is 36.4 Å². The van der Waals surface area contributed by atoms with Gasteiger partial charge in [0.1, 0.15) is 0 Å². The van der Waals surface area contributed by atoms with Gasteiger partial charge in [0, 0.05) is 12.8 Å². The third-order valence-electron chi connectivity index (χ3n) is 7.33. The highest BCUT2D eigenvalue weighted by atomic mass is 35.5. The van der Waals surface area contributed by atoms with E-state index >= 15 is 0 Å². The maximum absolute atomic E-state index is 12.3. The van der Waals surface area contributed by atoms with Crippen LogP contribution >= 0.6 is 12.4 Å². The Balaban J connectivity index is 0.000000629. The number of halogens is 1. The molecule has 2 unspecified atom stereocenters. The maximum Gasteiger partial charge on any atom is 0.154 e. The van der Waals surface area contributed by atoms with Crippen molar-refractivity contribution in [3.05, 3.63) is 69.8 Å². The van der Waals surface area contributed by atoms with Crippen molar-refractivity contribution in [1.82, 2.24) is 10.2 Å². The number of likely N-dealkylation sites (tertiary alicyclic amines) is 1. The molecule has 2 aromatic carbocycles. The van der Waals surface area contributed by atoms with Gasteiger partial charge in [-0.2, -0.15) is 0 Å². The average Bonchev–Trinajstić information content (AvgIpc) is 3.46. The number of hydrogen-bond donors (Lipinski definition) is 1. The quantitative estimate of drug-likeness (QED) is 0.484. The number of nitrogens with zero attached hydrogens (tertiary/aromatic N) is 1. The number of aryl methyl sites for hydroxylation is 4. The molecule has 2 fully saturated rings. The van der Waals surface area contributed by atoms with Gasteiger partial charge in [-0.1, -0.05) is 51.3 Å². The Labute approximate surface area is 226 Å². The third-order valence-corrected chi connectivity index (χ3v) is 7.33. The van der Waals surface area contributed by atoms with Crippen molar-refractivity contribution in [2.45, 2.75) is 93.2 Å². The van der Waals surface area contributed by atoms with Crippen molar-refractivity contribution in [3.63, 3.8) is 0 Å². The summed E-state index contributed by atoms with van der Waals surface area (Å²) in [6.45, 7) is 10.4. The van der Waals surface area contributed by atoms with E-state index in [0.717, 1.165) is 38.8 Å². The summed E-state index contributed by atoms with van der Waals surface area (Å²) in [6, 6.07) is 12.7. The minimum Gasteiger partial charge on any atom is -0.307 e. The lowest BCUT2D eigenvalue weighted by Crippen LogP contribution is -2.34. The molecular formula is C31H49ClN2O2. The Morgan fingerprint density at radius 2 is 1.28 bits per heavy atom. The van der Waals surface area contributed by atoms with Crippen LogP contribution in [-0.2, 0) is 22.4 Å². The zero-order chi connectivity index (χ0) is 24.0. The fourth-order valence-electron chi connectivity index (χ4n) is 5.12. The Morgan fingerprint density at radius 1 is 0.806 bits per heavy atom. The lowest BCUT2D eigenvalue weighted by molar-refractivity contribution is -0.122. The molecule has 0 radical (unpaired) electrons. The first kappa shape index (κ1) is 34.0. The van der Waals surface area contributed by atoms with Crippen LogP contribution in [0.25, 0.3) is 0 Å². The SMILES string of the molecule is C.C.Cc1cccc(C)c1CC(=O)C1CCCN1.Cc1cccc(C)c1CC(=O)C1CCCN1C.Cl. The van der Waals surface area contributed by atoms with Crippen molar-refractivity contribution in [3.8, 4) is 0 Å². The molecule has 2 heterocycles.